The highest BCUT2D eigenvalue weighted by Crippen LogP contribution is 2.45. The molecule has 3 N–H and O–H groups in total. The number of nitrogens with zero attached hydrogens (tertiary/aromatic N) is 5. The van der Waals surface area contributed by atoms with Gasteiger partial charge in [-0.25, -0.2) is 13.9 Å². The quantitative estimate of drug-likeness (QED) is 0.662. The van der Waals surface area contributed by atoms with Crippen LogP contribution in [0, 0.1) is 23.6 Å². The van der Waals surface area contributed by atoms with Crippen molar-refractivity contribution in [3.05, 3.63) is 41.2 Å². The van der Waals surface area contributed by atoms with Crippen LogP contribution in [0.15, 0.2) is 24.8 Å². The molecule has 1 aliphatic carbocycles. The molecular formula is C20H21ClFN7O. The Morgan fingerprint density at radius 3 is 2.73 bits per heavy atom. The largest absolute Gasteiger partial charge is 0.381 e. The van der Waals surface area contributed by atoms with E-state index in [-0.39, 0.29) is 17.0 Å². The van der Waals surface area contributed by atoms with Crippen molar-refractivity contribution in [3.8, 4) is 0 Å². The second kappa shape index (κ2) is 7.09. The molecule has 2 atom stereocenters. The Hall–Kier alpha value is -2.94. The third-order valence-electron chi connectivity index (χ3n) is 6.12. The fourth-order valence-electron chi connectivity index (χ4n) is 4.96. The number of fused-ring (bicyclic) bond motifs is 2. The molecule has 2 unspecified atom stereocenters. The summed E-state index contributed by atoms with van der Waals surface area (Å²) in [5, 5.41) is 7.32. The van der Waals surface area contributed by atoms with Crippen LogP contribution in [0.1, 0.15) is 30.1 Å². The van der Waals surface area contributed by atoms with Gasteiger partial charge in [0.15, 0.2) is 17.3 Å². The lowest BCUT2D eigenvalue weighted by Crippen LogP contribution is -2.24. The van der Waals surface area contributed by atoms with Crippen molar-refractivity contribution in [1.29, 1.82) is 0 Å². The lowest BCUT2D eigenvalue weighted by molar-refractivity contribution is 0.102. The summed E-state index contributed by atoms with van der Waals surface area (Å²) in [6.07, 6.45) is 7.72. The van der Waals surface area contributed by atoms with E-state index in [1.54, 1.807) is 12.4 Å². The van der Waals surface area contributed by atoms with E-state index in [1.165, 1.54) is 12.8 Å². The monoisotopic (exact) mass is 429 g/mol. The molecule has 156 valence electrons. The molecule has 1 aliphatic heterocycles. The fraction of sp³-hybridized carbons (Fsp3) is 0.400. The molecule has 0 bridgehead atoms. The maximum atomic E-state index is 13.4. The van der Waals surface area contributed by atoms with Gasteiger partial charge < -0.3 is 16.0 Å². The molecule has 30 heavy (non-hydrogen) atoms. The molecule has 3 aromatic heterocycles. The summed E-state index contributed by atoms with van der Waals surface area (Å²) in [6, 6.07) is 0. The van der Waals surface area contributed by atoms with E-state index < -0.39 is 11.7 Å². The van der Waals surface area contributed by atoms with Gasteiger partial charge in [-0.15, -0.1) is 5.10 Å². The molecule has 0 radical (unpaired) electrons. The highest BCUT2D eigenvalue weighted by molar-refractivity contribution is 6.34. The number of rotatable bonds is 3. The summed E-state index contributed by atoms with van der Waals surface area (Å²) < 4.78 is 14.6. The van der Waals surface area contributed by atoms with Crippen LogP contribution in [-0.4, -0.2) is 38.6 Å². The molecular weight excluding hydrogens is 409 g/mol. The number of carbonyl (C=O) groups is 1. The van der Waals surface area contributed by atoms with Crippen LogP contribution in [0.25, 0.3) is 5.65 Å². The zero-order valence-electron chi connectivity index (χ0n) is 16.3. The maximum Gasteiger partial charge on any atom is 0.263 e. The summed E-state index contributed by atoms with van der Waals surface area (Å²) in [5.41, 5.74) is 7.43. The Bertz CT molecular complexity index is 1140. The molecule has 2 aliphatic rings. The van der Waals surface area contributed by atoms with E-state index in [9.17, 15) is 9.18 Å². The predicted octanol–water partition coefficient (Wildman–Crippen LogP) is 3.23. The molecule has 0 aromatic carbocycles. The number of halogens is 2. The van der Waals surface area contributed by atoms with Crippen LogP contribution in [0.2, 0.25) is 5.02 Å². The normalized spacial score (nSPS) is 23.2. The van der Waals surface area contributed by atoms with E-state index in [0.717, 1.165) is 41.6 Å². The summed E-state index contributed by atoms with van der Waals surface area (Å²) in [6.45, 7) is 4.11. The Morgan fingerprint density at radius 2 is 2.00 bits per heavy atom. The van der Waals surface area contributed by atoms with E-state index in [2.05, 4.69) is 32.2 Å². The van der Waals surface area contributed by atoms with E-state index in [4.69, 9.17) is 17.3 Å². The van der Waals surface area contributed by atoms with E-state index in [1.807, 2.05) is 0 Å². The smallest absolute Gasteiger partial charge is 0.263 e. The summed E-state index contributed by atoms with van der Waals surface area (Å²) in [5.74, 6) is 0.924. The van der Waals surface area contributed by atoms with Crippen LogP contribution in [-0.2, 0) is 0 Å². The van der Waals surface area contributed by atoms with Gasteiger partial charge in [-0.3, -0.25) is 9.78 Å². The fourth-order valence-corrected chi connectivity index (χ4v) is 5.24. The van der Waals surface area contributed by atoms with Crippen LogP contribution in [0.3, 0.4) is 0 Å². The van der Waals surface area contributed by atoms with Crippen LogP contribution in [0.5, 0.6) is 0 Å². The summed E-state index contributed by atoms with van der Waals surface area (Å²) in [7, 11) is 0. The van der Waals surface area contributed by atoms with Crippen molar-refractivity contribution in [2.24, 2.45) is 17.8 Å². The second-order valence-electron chi connectivity index (χ2n) is 8.27. The first-order chi connectivity index (χ1) is 14.4. The number of nitrogens with two attached hydrogens (primary N) is 1. The number of nitrogens with one attached hydrogen (secondary N) is 1. The number of amides is 1. The van der Waals surface area contributed by atoms with Gasteiger partial charge in [-0.2, -0.15) is 0 Å². The summed E-state index contributed by atoms with van der Waals surface area (Å²) >= 11 is 6.50. The van der Waals surface area contributed by atoms with Gasteiger partial charge in [0.2, 0.25) is 0 Å². The number of hydrogen-bond acceptors (Lipinski definition) is 6. The molecule has 1 amide bonds. The molecule has 2 fully saturated rings. The Kier molecular flexibility index (Phi) is 4.50. The number of aromatic nitrogens is 4. The Labute approximate surface area is 177 Å². The maximum absolute atomic E-state index is 13.4. The number of pyridine rings is 1. The first-order valence-corrected chi connectivity index (χ1v) is 10.3. The third kappa shape index (κ3) is 3.13. The van der Waals surface area contributed by atoms with Crippen molar-refractivity contribution >= 4 is 40.3 Å². The predicted molar refractivity (Wildman–Crippen MR) is 112 cm³/mol. The molecule has 5 rings (SSSR count). The number of anilines is 3. The minimum atomic E-state index is -0.577. The minimum Gasteiger partial charge on any atom is -0.381 e. The summed E-state index contributed by atoms with van der Waals surface area (Å²) in [4.78, 5) is 23.4. The van der Waals surface area contributed by atoms with Crippen LogP contribution >= 0.6 is 11.6 Å². The van der Waals surface area contributed by atoms with Crippen molar-refractivity contribution in [2.75, 3.05) is 29.0 Å². The molecule has 0 spiro atoms. The molecule has 1 saturated carbocycles. The van der Waals surface area contributed by atoms with Crippen molar-refractivity contribution in [1.82, 2.24) is 19.6 Å². The highest BCUT2D eigenvalue weighted by Gasteiger charge is 2.40. The zero-order valence-corrected chi connectivity index (χ0v) is 17.1. The SMILES string of the molecule is CC1CC2CN(c3c(Cl)cncc3NC(=O)c3c(N)nn4cc(F)cnc34)CC2C1. The lowest BCUT2D eigenvalue weighted by Gasteiger charge is -2.24. The average Bonchev–Trinajstić information content (AvgIpc) is 3.31. The minimum absolute atomic E-state index is 0.0353. The molecule has 4 heterocycles. The van der Waals surface area contributed by atoms with Crippen molar-refractivity contribution < 1.29 is 9.18 Å². The van der Waals surface area contributed by atoms with Crippen molar-refractivity contribution in [3.63, 3.8) is 0 Å². The van der Waals surface area contributed by atoms with E-state index >= 15 is 0 Å². The van der Waals surface area contributed by atoms with Crippen molar-refractivity contribution in [2.45, 2.75) is 19.8 Å². The molecule has 10 heteroatoms. The van der Waals surface area contributed by atoms with Crippen LogP contribution in [0.4, 0.5) is 21.6 Å². The van der Waals surface area contributed by atoms with Gasteiger partial charge in [-0.1, -0.05) is 18.5 Å². The van der Waals surface area contributed by atoms with Gasteiger partial charge in [0.1, 0.15) is 5.56 Å². The Balaban J connectivity index is 1.46. The zero-order chi connectivity index (χ0) is 21.0. The average molecular weight is 430 g/mol. The molecule has 3 aromatic rings. The number of carbonyl (C=O) groups excluding carboxylic acids is 1. The molecule has 1 saturated heterocycles. The standard InChI is InChI=1S/C20H21ClFN7O/c1-10-2-11-7-28(8-12(11)3-10)17-14(21)5-24-6-15(17)26-20(30)16-18(23)27-29-9-13(22)4-25-19(16)29/h4-6,9-12H,2-3,7-8H2,1H3,(H2,23,27)(H,26,30). The van der Waals surface area contributed by atoms with Gasteiger partial charge in [0.25, 0.3) is 5.91 Å². The highest BCUT2D eigenvalue weighted by atomic mass is 35.5. The topological polar surface area (TPSA) is 101 Å². The first-order valence-electron chi connectivity index (χ1n) is 9.90. The van der Waals surface area contributed by atoms with Gasteiger partial charge in [0, 0.05) is 19.3 Å². The number of hydrogen-bond donors (Lipinski definition) is 2. The molecule has 8 nitrogen and oxygen atoms in total. The lowest BCUT2D eigenvalue weighted by atomic mass is 10.0. The van der Waals surface area contributed by atoms with Gasteiger partial charge >= 0.3 is 0 Å². The third-order valence-corrected chi connectivity index (χ3v) is 6.40. The van der Waals surface area contributed by atoms with Crippen LogP contribution < -0.4 is 16.0 Å². The Morgan fingerprint density at radius 1 is 1.27 bits per heavy atom. The second-order valence-corrected chi connectivity index (χ2v) is 8.68. The van der Waals surface area contributed by atoms with E-state index in [0.29, 0.717) is 22.5 Å². The van der Waals surface area contributed by atoms with Gasteiger partial charge in [0.05, 0.1) is 35.0 Å². The van der Waals surface area contributed by atoms with Gasteiger partial charge in [-0.05, 0) is 30.6 Å². The number of nitrogen functional groups attached to an aromatic ring is 1. The first kappa shape index (κ1) is 19.0.